The van der Waals surface area contributed by atoms with Crippen molar-refractivity contribution in [2.75, 3.05) is 39.4 Å². The first kappa shape index (κ1) is 11.9. The van der Waals surface area contributed by atoms with E-state index in [4.69, 9.17) is 10.5 Å². The van der Waals surface area contributed by atoms with Crippen LogP contribution in [0.4, 0.5) is 0 Å². The molecule has 4 heteroatoms. The van der Waals surface area contributed by atoms with Crippen LogP contribution in [0.5, 0.6) is 0 Å². The largest absolute Gasteiger partial charge is 0.379 e. The molecular weight excluding hydrogens is 214 g/mol. The number of hydrogen-bond acceptors (Lipinski definition) is 4. The quantitative estimate of drug-likeness (QED) is 0.751. The smallest absolute Gasteiger partial charge is 0.0659 e. The van der Waals surface area contributed by atoms with Gasteiger partial charge in [0.2, 0.25) is 0 Å². The highest BCUT2D eigenvalue weighted by Gasteiger charge is 2.39. The average molecular weight is 239 g/mol. The highest BCUT2D eigenvalue weighted by atomic mass is 16.5. The molecule has 0 amide bonds. The summed E-state index contributed by atoms with van der Waals surface area (Å²) in [6.45, 7) is 8.67. The van der Waals surface area contributed by atoms with E-state index in [-0.39, 0.29) is 5.54 Å². The Morgan fingerprint density at radius 1 is 1.41 bits per heavy atom. The zero-order valence-electron chi connectivity index (χ0n) is 10.9. The lowest BCUT2D eigenvalue weighted by atomic mass is 9.97. The van der Waals surface area contributed by atoms with Crippen LogP contribution in [0.2, 0.25) is 0 Å². The van der Waals surface area contributed by atoms with Gasteiger partial charge in [0.05, 0.1) is 12.1 Å². The molecule has 0 aromatic heterocycles. The Morgan fingerprint density at radius 2 is 2.29 bits per heavy atom. The Hall–Kier alpha value is -0.160. The number of nitrogens with two attached hydrogens (primary N) is 1. The van der Waals surface area contributed by atoms with Crippen LogP contribution in [0.25, 0.3) is 0 Å². The minimum Gasteiger partial charge on any atom is -0.379 e. The molecule has 0 bridgehead atoms. The lowest BCUT2D eigenvalue weighted by Crippen LogP contribution is -2.60. The minimum absolute atomic E-state index is 0.0883. The van der Waals surface area contributed by atoms with E-state index >= 15 is 0 Å². The van der Waals surface area contributed by atoms with E-state index in [0.717, 1.165) is 32.2 Å². The summed E-state index contributed by atoms with van der Waals surface area (Å²) in [4.78, 5) is 5.26. The second kappa shape index (κ2) is 4.50. The molecule has 3 fully saturated rings. The fourth-order valence-electron chi connectivity index (χ4n) is 3.62. The van der Waals surface area contributed by atoms with Crippen LogP contribution < -0.4 is 5.73 Å². The summed E-state index contributed by atoms with van der Waals surface area (Å²) in [6, 6.07) is 1.43. The summed E-state index contributed by atoms with van der Waals surface area (Å²) in [5, 5.41) is 0. The van der Waals surface area contributed by atoms with Gasteiger partial charge in [-0.2, -0.15) is 0 Å². The zero-order chi connectivity index (χ0) is 11.9. The lowest BCUT2D eigenvalue weighted by molar-refractivity contribution is 0.0404. The maximum Gasteiger partial charge on any atom is 0.0659 e. The summed E-state index contributed by atoms with van der Waals surface area (Å²) >= 11 is 0. The van der Waals surface area contributed by atoms with Gasteiger partial charge in [0.15, 0.2) is 0 Å². The van der Waals surface area contributed by atoms with Crippen molar-refractivity contribution in [3.8, 4) is 0 Å². The molecule has 3 heterocycles. The maximum atomic E-state index is 6.41. The predicted molar refractivity (Wildman–Crippen MR) is 68.0 cm³/mol. The van der Waals surface area contributed by atoms with Gasteiger partial charge in [-0.3, -0.25) is 9.80 Å². The zero-order valence-corrected chi connectivity index (χ0v) is 10.9. The van der Waals surface area contributed by atoms with Gasteiger partial charge in [0.1, 0.15) is 0 Å². The molecule has 98 valence electrons. The number of hydrogen-bond donors (Lipinski definition) is 1. The number of nitrogens with zero attached hydrogens (tertiary/aromatic N) is 2. The first-order valence-electron chi connectivity index (χ1n) is 7.01. The second-order valence-electron chi connectivity index (χ2n) is 6.23. The van der Waals surface area contributed by atoms with Crippen LogP contribution in [0.1, 0.15) is 26.2 Å². The summed E-state index contributed by atoms with van der Waals surface area (Å²) < 4.78 is 5.46. The highest BCUT2D eigenvalue weighted by Crippen LogP contribution is 2.26. The van der Waals surface area contributed by atoms with Gasteiger partial charge in [-0.25, -0.2) is 0 Å². The van der Waals surface area contributed by atoms with Gasteiger partial charge in [-0.1, -0.05) is 0 Å². The third kappa shape index (κ3) is 2.36. The number of rotatable bonds is 2. The summed E-state index contributed by atoms with van der Waals surface area (Å²) in [5.41, 5.74) is 6.32. The standard InChI is InChI=1S/C13H25N3O/c1-11-7-15-5-2-3-12(15)8-16(11)9-13(14)4-6-17-10-13/h11-12H,2-10,14H2,1H3. The van der Waals surface area contributed by atoms with Crippen molar-refractivity contribution < 1.29 is 4.74 Å². The van der Waals surface area contributed by atoms with E-state index in [0.29, 0.717) is 6.04 Å². The lowest BCUT2D eigenvalue weighted by Gasteiger charge is -2.44. The van der Waals surface area contributed by atoms with Gasteiger partial charge in [0, 0.05) is 38.3 Å². The number of ether oxygens (including phenoxy) is 1. The van der Waals surface area contributed by atoms with Crippen LogP contribution >= 0.6 is 0 Å². The first-order chi connectivity index (χ1) is 8.16. The molecule has 3 aliphatic heterocycles. The van der Waals surface area contributed by atoms with Gasteiger partial charge >= 0.3 is 0 Å². The monoisotopic (exact) mass is 239 g/mol. The maximum absolute atomic E-state index is 6.41. The molecule has 3 rings (SSSR count). The Labute approximate surface area is 104 Å². The van der Waals surface area contributed by atoms with E-state index < -0.39 is 0 Å². The van der Waals surface area contributed by atoms with Gasteiger partial charge in [-0.05, 0) is 32.7 Å². The van der Waals surface area contributed by atoms with Gasteiger partial charge in [0.25, 0.3) is 0 Å². The third-order valence-electron chi connectivity index (χ3n) is 4.72. The van der Waals surface area contributed by atoms with Crippen molar-refractivity contribution in [3.05, 3.63) is 0 Å². The molecule has 4 nitrogen and oxygen atoms in total. The van der Waals surface area contributed by atoms with E-state index in [1.165, 1.54) is 32.5 Å². The molecule has 3 atom stereocenters. The van der Waals surface area contributed by atoms with E-state index in [2.05, 4.69) is 16.7 Å². The van der Waals surface area contributed by atoms with Crippen molar-refractivity contribution in [3.63, 3.8) is 0 Å². The Balaban J connectivity index is 1.62. The SMILES string of the molecule is CC1CN2CCCC2CN1CC1(N)CCOC1. The summed E-state index contributed by atoms with van der Waals surface area (Å²) in [7, 11) is 0. The third-order valence-corrected chi connectivity index (χ3v) is 4.72. The summed E-state index contributed by atoms with van der Waals surface area (Å²) in [6.07, 6.45) is 3.77. The second-order valence-corrected chi connectivity index (χ2v) is 6.23. The van der Waals surface area contributed by atoms with Crippen LogP contribution in [0, 0.1) is 0 Å². The Morgan fingerprint density at radius 3 is 3.06 bits per heavy atom. The molecule has 3 unspecified atom stereocenters. The highest BCUT2D eigenvalue weighted by molar-refractivity contribution is 4.97. The normalized spacial score (nSPS) is 44.1. The molecule has 0 radical (unpaired) electrons. The molecular formula is C13H25N3O. The number of piperazine rings is 1. The minimum atomic E-state index is -0.0883. The van der Waals surface area contributed by atoms with Crippen molar-refractivity contribution in [2.45, 2.75) is 43.8 Å². The van der Waals surface area contributed by atoms with Crippen molar-refractivity contribution in [2.24, 2.45) is 5.73 Å². The molecule has 0 aromatic carbocycles. The fourth-order valence-corrected chi connectivity index (χ4v) is 3.62. The molecule has 17 heavy (non-hydrogen) atoms. The topological polar surface area (TPSA) is 41.7 Å². The molecule has 3 saturated heterocycles. The van der Waals surface area contributed by atoms with E-state index in [9.17, 15) is 0 Å². The predicted octanol–water partition coefficient (Wildman–Crippen LogP) is 0.273. The van der Waals surface area contributed by atoms with Crippen LogP contribution in [-0.2, 0) is 4.74 Å². The van der Waals surface area contributed by atoms with Crippen LogP contribution in [0.3, 0.4) is 0 Å². The van der Waals surface area contributed by atoms with Crippen LogP contribution in [-0.4, -0.2) is 66.8 Å². The van der Waals surface area contributed by atoms with E-state index in [1.54, 1.807) is 0 Å². The van der Waals surface area contributed by atoms with E-state index in [1.807, 2.05) is 0 Å². The van der Waals surface area contributed by atoms with Crippen LogP contribution in [0.15, 0.2) is 0 Å². The van der Waals surface area contributed by atoms with Gasteiger partial charge < -0.3 is 10.5 Å². The van der Waals surface area contributed by atoms with Crippen molar-refractivity contribution in [1.29, 1.82) is 0 Å². The number of fused-ring (bicyclic) bond motifs is 1. The first-order valence-corrected chi connectivity index (χ1v) is 7.01. The molecule has 0 aromatic rings. The molecule has 0 saturated carbocycles. The molecule has 3 aliphatic rings. The Kier molecular flexibility index (Phi) is 3.15. The average Bonchev–Trinajstić information content (AvgIpc) is 2.88. The fraction of sp³-hybridized carbons (Fsp3) is 1.00. The summed E-state index contributed by atoms with van der Waals surface area (Å²) in [5.74, 6) is 0. The van der Waals surface area contributed by atoms with Crippen molar-refractivity contribution >= 4 is 0 Å². The molecule has 0 spiro atoms. The molecule has 0 aliphatic carbocycles. The molecule has 2 N–H and O–H groups in total. The van der Waals surface area contributed by atoms with Gasteiger partial charge in [-0.15, -0.1) is 0 Å². The van der Waals surface area contributed by atoms with Crippen molar-refractivity contribution in [1.82, 2.24) is 9.80 Å². The Bertz CT molecular complexity index is 278.